The molecule has 3 aromatic carbocycles. The van der Waals surface area contributed by atoms with E-state index in [4.69, 9.17) is 4.74 Å². The average molecular weight is 528 g/mol. The first kappa shape index (κ1) is 26.8. The number of anilines is 2. The fraction of sp³-hybridized carbons (Fsp3) is 0.138. The first-order valence-electron chi connectivity index (χ1n) is 11.9. The number of rotatable bonds is 7. The van der Waals surface area contributed by atoms with Gasteiger partial charge in [-0.2, -0.15) is 0 Å². The zero-order valence-electron chi connectivity index (χ0n) is 21.4. The van der Waals surface area contributed by atoms with Gasteiger partial charge in [-0.05, 0) is 79.1 Å². The van der Waals surface area contributed by atoms with E-state index in [0.29, 0.717) is 17.0 Å². The molecular formula is C29H25N3O7. The number of amides is 5. The Morgan fingerprint density at radius 1 is 0.974 bits per heavy atom. The molecule has 0 aliphatic carbocycles. The van der Waals surface area contributed by atoms with Crippen molar-refractivity contribution in [2.45, 2.75) is 13.8 Å². The van der Waals surface area contributed by atoms with Gasteiger partial charge in [-0.1, -0.05) is 24.3 Å². The molecule has 1 heterocycles. The third-order valence-electron chi connectivity index (χ3n) is 5.85. The minimum atomic E-state index is -0.917. The van der Waals surface area contributed by atoms with Crippen molar-refractivity contribution in [2.75, 3.05) is 23.9 Å². The molecule has 5 amide bonds. The molecule has 1 fully saturated rings. The molecule has 2 N–H and O–H groups in total. The van der Waals surface area contributed by atoms with Crippen molar-refractivity contribution in [1.82, 2.24) is 5.32 Å². The minimum absolute atomic E-state index is 0.162. The highest BCUT2D eigenvalue weighted by Crippen LogP contribution is 2.24. The number of urea groups is 1. The summed E-state index contributed by atoms with van der Waals surface area (Å²) in [6.45, 7) is 3.57. The summed E-state index contributed by atoms with van der Waals surface area (Å²) in [7, 11) is 1.24. The number of nitrogens with zero attached hydrogens (tertiary/aromatic N) is 1. The molecule has 0 atom stereocenters. The summed E-state index contributed by atoms with van der Waals surface area (Å²) in [5, 5.41) is 4.96. The number of esters is 1. The molecule has 3 aromatic rings. The first-order chi connectivity index (χ1) is 18.7. The smallest absolute Gasteiger partial charge is 0.337 e. The summed E-state index contributed by atoms with van der Waals surface area (Å²) >= 11 is 0. The van der Waals surface area contributed by atoms with Crippen molar-refractivity contribution >= 4 is 47.2 Å². The number of carbonyl (C=O) groups is 5. The van der Waals surface area contributed by atoms with Crippen LogP contribution < -0.4 is 20.3 Å². The number of ether oxygens (including phenoxy) is 2. The van der Waals surface area contributed by atoms with Crippen LogP contribution >= 0.6 is 0 Å². The van der Waals surface area contributed by atoms with E-state index >= 15 is 0 Å². The highest BCUT2D eigenvalue weighted by Gasteiger charge is 2.36. The van der Waals surface area contributed by atoms with Gasteiger partial charge in [0.05, 0.1) is 18.4 Å². The summed E-state index contributed by atoms with van der Waals surface area (Å²) in [4.78, 5) is 63.0. The Bertz CT molecular complexity index is 1510. The Labute approximate surface area is 224 Å². The second-order valence-corrected chi connectivity index (χ2v) is 8.72. The predicted molar refractivity (Wildman–Crippen MR) is 143 cm³/mol. The summed E-state index contributed by atoms with van der Waals surface area (Å²) < 4.78 is 10.3. The van der Waals surface area contributed by atoms with Gasteiger partial charge in [0.15, 0.2) is 6.61 Å². The molecule has 1 saturated heterocycles. The number of hydrogen-bond acceptors (Lipinski definition) is 7. The molecule has 0 radical (unpaired) electrons. The van der Waals surface area contributed by atoms with Crippen LogP contribution in [0.5, 0.6) is 5.75 Å². The van der Waals surface area contributed by atoms with E-state index < -0.39 is 23.8 Å². The summed E-state index contributed by atoms with van der Waals surface area (Å²) in [6, 6.07) is 16.9. The molecule has 198 valence electrons. The highest BCUT2D eigenvalue weighted by atomic mass is 16.5. The lowest BCUT2D eigenvalue weighted by atomic mass is 10.1. The number of carbonyl (C=O) groups excluding carboxylic acids is 5. The van der Waals surface area contributed by atoms with E-state index in [1.165, 1.54) is 37.5 Å². The quantitative estimate of drug-likeness (QED) is 0.272. The van der Waals surface area contributed by atoms with Crippen LogP contribution in [0, 0.1) is 13.8 Å². The zero-order chi connectivity index (χ0) is 28.1. The Kier molecular flexibility index (Phi) is 7.85. The van der Waals surface area contributed by atoms with E-state index in [9.17, 15) is 24.0 Å². The molecule has 1 aliphatic rings. The number of benzene rings is 3. The number of barbiturate groups is 1. The minimum Gasteiger partial charge on any atom is -0.484 e. The third-order valence-corrected chi connectivity index (χ3v) is 5.85. The van der Waals surface area contributed by atoms with Crippen molar-refractivity contribution in [2.24, 2.45) is 0 Å². The molecule has 39 heavy (non-hydrogen) atoms. The number of imide groups is 2. The fourth-order valence-corrected chi connectivity index (χ4v) is 3.82. The molecular weight excluding hydrogens is 502 g/mol. The molecule has 0 aromatic heterocycles. The molecule has 0 spiro atoms. The van der Waals surface area contributed by atoms with Crippen molar-refractivity contribution < 1.29 is 33.4 Å². The van der Waals surface area contributed by atoms with E-state index in [1.54, 1.807) is 24.3 Å². The van der Waals surface area contributed by atoms with Crippen LogP contribution in [0.2, 0.25) is 0 Å². The average Bonchev–Trinajstić information content (AvgIpc) is 2.92. The Morgan fingerprint density at radius 3 is 2.44 bits per heavy atom. The van der Waals surface area contributed by atoms with Gasteiger partial charge in [0.1, 0.15) is 11.3 Å². The van der Waals surface area contributed by atoms with Gasteiger partial charge in [0.25, 0.3) is 17.7 Å². The lowest BCUT2D eigenvalue weighted by molar-refractivity contribution is -0.122. The van der Waals surface area contributed by atoms with Crippen LogP contribution in [0.15, 0.2) is 72.3 Å². The van der Waals surface area contributed by atoms with Crippen LogP contribution in [0.25, 0.3) is 6.08 Å². The van der Waals surface area contributed by atoms with Crippen molar-refractivity contribution in [3.8, 4) is 5.75 Å². The van der Waals surface area contributed by atoms with Crippen LogP contribution in [-0.2, 0) is 19.1 Å². The van der Waals surface area contributed by atoms with E-state index in [1.807, 2.05) is 32.0 Å². The van der Waals surface area contributed by atoms with Crippen LogP contribution in [-0.4, -0.2) is 43.4 Å². The topological polar surface area (TPSA) is 131 Å². The highest BCUT2D eigenvalue weighted by molar-refractivity contribution is 6.39. The monoisotopic (exact) mass is 527 g/mol. The van der Waals surface area contributed by atoms with E-state index in [2.05, 4.69) is 15.4 Å². The van der Waals surface area contributed by atoms with Crippen LogP contribution in [0.3, 0.4) is 0 Å². The number of aryl methyl sites for hydroxylation is 2. The van der Waals surface area contributed by atoms with Gasteiger partial charge < -0.3 is 14.8 Å². The number of hydrogen-bond donors (Lipinski definition) is 2. The molecule has 0 unspecified atom stereocenters. The molecule has 0 saturated carbocycles. The SMILES string of the molecule is COC(=O)c1ccc(N2C(=O)NC(=O)/C(=C/c3cccc(OCC(=O)Nc4cc(C)ccc4C)c3)C2=O)cc1. The predicted octanol–water partition coefficient (Wildman–Crippen LogP) is 3.77. The van der Waals surface area contributed by atoms with Gasteiger partial charge in [-0.3, -0.25) is 19.7 Å². The zero-order valence-corrected chi connectivity index (χ0v) is 21.4. The van der Waals surface area contributed by atoms with Gasteiger partial charge in [-0.15, -0.1) is 0 Å². The van der Waals surface area contributed by atoms with Crippen LogP contribution in [0.1, 0.15) is 27.0 Å². The van der Waals surface area contributed by atoms with Gasteiger partial charge >= 0.3 is 12.0 Å². The standard InChI is InChI=1S/C29H25N3O7/c1-17-7-8-18(2)24(13-17)30-25(33)16-39-22-6-4-5-19(14-22)15-23-26(34)31-29(37)32(27(23)35)21-11-9-20(10-12-21)28(36)38-3/h4-15H,16H2,1-3H3,(H,30,33)(H,31,34,37)/b23-15-. The Balaban J connectivity index is 1.49. The normalized spacial score (nSPS) is 14.2. The lowest BCUT2D eigenvalue weighted by Gasteiger charge is -2.26. The Morgan fingerprint density at radius 2 is 1.72 bits per heavy atom. The van der Waals surface area contributed by atoms with Crippen molar-refractivity contribution in [1.29, 1.82) is 0 Å². The molecule has 4 rings (SSSR count). The van der Waals surface area contributed by atoms with Crippen LogP contribution in [0.4, 0.5) is 16.2 Å². The molecule has 1 aliphatic heterocycles. The number of methoxy groups -OCH3 is 1. The first-order valence-corrected chi connectivity index (χ1v) is 11.9. The summed E-state index contributed by atoms with van der Waals surface area (Å²) in [5.41, 5.74) is 3.19. The van der Waals surface area contributed by atoms with Gasteiger partial charge in [-0.25, -0.2) is 14.5 Å². The van der Waals surface area contributed by atoms with E-state index in [0.717, 1.165) is 16.0 Å². The van der Waals surface area contributed by atoms with Gasteiger partial charge in [0.2, 0.25) is 0 Å². The second kappa shape index (κ2) is 11.4. The fourth-order valence-electron chi connectivity index (χ4n) is 3.82. The number of nitrogens with one attached hydrogen (secondary N) is 2. The van der Waals surface area contributed by atoms with Gasteiger partial charge in [0, 0.05) is 5.69 Å². The maximum atomic E-state index is 13.2. The second-order valence-electron chi connectivity index (χ2n) is 8.72. The van der Waals surface area contributed by atoms with Crippen molar-refractivity contribution in [3.63, 3.8) is 0 Å². The summed E-state index contributed by atoms with van der Waals surface area (Å²) in [6.07, 6.45) is 1.32. The molecule has 10 heteroatoms. The maximum absolute atomic E-state index is 13.2. The third kappa shape index (κ3) is 6.19. The molecule has 0 bridgehead atoms. The maximum Gasteiger partial charge on any atom is 0.337 e. The van der Waals surface area contributed by atoms with E-state index in [-0.39, 0.29) is 29.3 Å². The Hall–Kier alpha value is -5.25. The largest absolute Gasteiger partial charge is 0.484 e. The van der Waals surface area contributed by atoms with Crippen molar-refractivity contribution in [3.05, 3.63) is 94.6 Å². The summed E-state index contributed by atoms with van der Waals surface area (Å²) in [5.74, 6) is -2.27. The lowest BCUT2D eigenvalue weighted by Crippen LogP contribution is -2.54. The molecule has 10 nitrogen and oxygen atoms in total.